The molecule has 2 aliphatic rings. The second-order valence-corrected chi connectivity index (χ2v) is 6.74. The van der Waals surface area contributed by atoms with Crippen LogP contribution in [0.5, 0.6) is 0 Å². The van der Waals surface area contributed by atoms with Crippen molar-refractivity contribution in [2.75, 3.05) is 26.2 Å². The monoisotopic (exact) mass is 294 g/mol. The zero-order valence-corrected chi connectivity index (χ0v) is 13.7. The first-order valence-electron chi connectivity index (χ1n) is 8.41. The van der Waals surface area contributed by atoms with Crippen LogP contribution in [0.4, 0.5) is 0 Å². The van der Waals surface area contributed by atoms with Gasteiger partial charge in [-0.3, -0.25) is 4.79 Å². The molecule has 1 amide bonds. The second kappa shape index (κ2) is 7.66. The van der Waals surface area contributed by atoms with Crippen LogP contribution in [0.2, 0.25) is 0 Å². The van der Waals surface area contributed by atoms with Crippen LogP contribution in [-0.2, 0) is 4.79 Å². The number of nitrogens with one attached hydrogen (secondary N) is 2. The number of hydrogen-bond acceptors (Lipinski definition) is 2. The molecular formula is C16H30N4O. The maximum Gasteiger partial charge on any atom is 0.242 e. The third-order valence-electron chi connectivity index (χ3n) is 4.04. The molecule has 1 unspecified atom stereocenters. The Kier molecular flexibility index (Phi) is 5.88. The Morgan fingerprint density at radius 2 is 2.10 bits per heavy atom. The van der Waals surface area contributed by atoms with E-state index in [0.29, 0.717) is 6.04 Å². The lowest BCUT2D eigenvalue weighted by Crippen LogP contribution is -2.41. The SMILES string of the molecule is CCNC(=NCC(=O)NC1CC1)N1CCC(CC(C)C)C1. The molecule has 21 heavy (non-hydrogen) atoms. The quantitative estimate of drug-likeness (QED) is 0.578. The molecule has 5 heteroatoms. The van der Waals surface area contributed by atoms with Crippen LogP contribution < -0.4 is 10.6 Å². The van der Waals surface area contributed by atoms with E-state index < -0.39 is 0 Å². The van der Waals surface area contributed by atoms with E-state index in [2.05, 4.69) is 41.3 Å². The molecule has 0 aromatic heterocycles. The van der Waals surface area contributed by atoms with E-state index in [1.807, 2.05) is 0 Å². The van der Waals surface area contributed by atoms with Crippen molar-refractivity contribution in [3.63, 3.8) is 0 Å². The Bertz CT molecular complexity index is 376. The van der Waals surface area contributed by atoms with Crippen molar-refractivity contribution in [3.8, 4) is 0 Å². The molecule has 0 radical (unpaired) electrons. The van der Waals surface area contributed by atoms with Crippen LogP contribution in [-0.4, -0.2) is 49.0 Å². The zero-order chi connectivity index (χ0) is 15.2. The van der Waals surface area contributed by atoms with E-state index in [1.54, 1.807) is 0 Å². The number of rotatable bonds is 6. The maximum absolute atomic E-state index is 11.8. The Balaban J connectivity index is 1.84. The number of carbonyl (C=O) groups excluding carboxylic acids is 1. The van der Waals surface area contributed by atoms with Gasteiger partial charge in [0.25, 0.3) is 0 Å². The van der Waals surface area contributed by atoms with Gasteiger partial charge in [0.1, 0.15) is 6.54 Å². The standard InChI is InChI=1S/C16H30N4O/c1-4-17-16(18-10-15(21)19-14-5-6-14)20-8-7-13(11-20)9-12(2)3/h12-14H,4-11H2,1-3H3,(H,17,18)(H,19,21). The van der Waals surface area contributed by atoms with Gasteiger partial charge < -0.3 is 15.5 Å². The summed E-state index contributed by atoms with van der Waals surface area (Å²) in [5, 5.41) is 6.30. The number of hydrogen-bond donors (Lipinski definition) is 2. The lowest BCUT2D eigenvalue weighted by molar-refractivity contribution is -0.119. The number of amides is 1. The predicted molar refractivity (Wildman–Crippen MR) is 86.3 cm³/mol. The van der Waals surface area contributed by atoms with E-state index in [-0.39, 0.29) is 12.5 Å². The van der Waals surface area contributed by atoms with Crippen molar-refractivity contribution >= 4 is 11.9 Å². The molecule has 2 N–H and O–H groups in total. The van der Waals surface area contributed by atoms with Gasteiger partial charge in [-0.15, -0.1) is 0 Å². The smallest absolute Gasteiger partial charge is 0.242 e. The van der Waals surface area contributed by atoms with E-state index >= 15 is 0 Å². The fourth-order valence-corrected chi connectivity index (χ4v) is 2.96. The molecule has 2 rings (SSSR count). The lowest BCUT2D eigenvalue weighted by atomic mass is 9.97. The summed E-state index contributed by atoms with van der Waals surface area (Å²) in [5.41, 5.74) is 0. The summed E-state index contributed by atoms with van der Waals surface area (Å²) in [7, 11) is 0. The van der Waals surface area contributed by atoms with Gasteiger partial charge in [-0.05, 0) is 44.4 Å². The summed E-state index contributed by atoms with van der Waals surface area (Å²) in [4.78, 5) is 18.6. The van der Waals surface area contributed by atoms with Crippen LogP contribution in [0.1, 0.15) is 46.5 Å². The van der Waals surface area contributed by atoms with E-state index in [1.165, 1.54) is 12.8 Å². The Labute approximate surface area is 128 Å². The Morgan fingerprint density at radius 1 is 1.33 bits per heavy atom. The molecule has 1 atom stereocenters. The zero-order valence-electron chi connectivity index (χ0n) is 13.7. The van der Waals surface area contributed by atoms with Crippen LogP contribution in [0.3, 0.4) is 0 Å². The normalized spacial score (nSPS) is 22.8. The van der Waals surface area contributed by atoms with Crippen molar-refractivity contribution in [3.05, 3.63) is 0 Å². The van der Waals surface area contributed by atoms with Gasteiger partial charge in [-0.1, -0.05) is 13.8 Å². The molecule has 0 aromatic carbocycles. The molecule has 1 heterocycles. The van der Waals surface area contributed by atoms with E-state index in [4.69, 9.17) is 0 Å². The van der Waals surface area contributed by atoms with Crippen molar-refractivity contribution < 1.29 is 4.79 Å². The predicted octanol–water partition coefficient (Wildman–Crippen LogP) is 1.60. The average molecular weight is 294 g/mol. The number of likely N-dealkylation sites (tertiary alicyclic amines) is 1. The molecule has 0 spiro atoms. The second-order valence-electron chi connectivity index (χ2n) is 6.74. The summed E-state index contributed by atoms with van der Waals surface area (Å²) >= 11 is 0. The number of nitrogens with zero attached hydrogens (tertiary/aromatic N) is 2. The van der Waals surface area contributed by atoms with Crippen molar-refractivity contribution in [1.82, 2.24) is 15.5 Å². The van der Waals surface area contributed by atoms with Gasteiger partial charge in [0, 0.05) is 25.7 Å². The Morgan fingerprint density at radius 3 is 2.71 bits per heavy atom. The first kappa shape index (κ1) is 16.1. The summed E-state index contributed by atoms with van der Waals surface area (Å²) in [5.74, 6) is 2.45. The van der Waals surface area contributed by atoms with Gasteiger partial charge in [-0.25, -0.2) is 4.99 Å². The molecule has 120 valence electrons. The van der Waals surface area contributed by atoms with Gasteiger partial charge in [0.05, 0.1) is 0 Å². The molecule has 2 fully saturated rings. The number of guanidine groups is 1. The Hall–Kier alpha value is -1.26. The lowest BCUT2D eigenvalue weighted by Gasteiger charge is -2.22. The molecule has 1 aliphatic heterocycles. The highest BCUT2D eigenvalue weighted by Gasteiger charge is 2.26. The minimum Gasteiger partial charge on any atom is -0.357 e. The first-order valence-corrected chi connectivity index (χ1v) is 8.41. The summed E-state index contributed by atoms with van der Waals surface area (Å²) in [6, 6.07) is 0.414. The topological polar surface area (TPSA) is 56.7 Å². The van der Waals surface area contributed by atoms with Crippen LogP contribution >= 0.6 is 0 Å². The van der Waals surface area contributed by atoms with Crippen molar-refractivity contribution in [1.29, 1.82) is 0 Å². The number of carbonyl (C=O) groups is 1. The average Bonchev–Trinajstić information content (AvgIpc) is 3.11. The minimum atomic E-state index is 0.0471. The third kappa shape index (κ3) is 5.56. The summed E-state index contributed by atoms with van der Waals surface area (Å²) in [6.45, 7) is 9.83. The van der Waals surface area contributed by atoms with Crippen LogP contribution in [0.25, 0.3) is 0 Å². The molecule has 5 nitrogen and oxygen atoms in total. The molecule has 1 saturated carbocycles. The van der Waals surface area contributed by atoms with Gasteiger partial charge >= 0.3 is 0 Å². The van der Waals surface area contributed by atoms with Crippen LogP contribution in [0, 0.1) is 11.8 Å². The minimum absolute atomic E-state index is 0.0471. The van der Waals surface area contributed by atoms with E-state index in [0.717, 1.165) is 50.3 Å². The highest BCUT2D eigenvalue weighted by Crippen LogP contribution is 2.23. The van der Waals surface area contributed by atoms with Crippen molar-refractivity contribution in [2.24, 2.45) is 16.8 Å². The highest BCUT2D eigenvalue weighted by molar-refractivity contribution is 5.85. The molecular weight excluding hydrogens is 264 g/mol. The van der Waals surface area contributed by atoms with Gasteiger partial charge in [0.2, 0.25) is 5.91 Å². The van der Waals surface area contributed by atoms with Crippen molar-refractivity contribution in [2.45, 2.75) is 52.5 Å². The maximum atomic E-state index is 11.8. The van der Waals surface area contributed by atoms with Gasteiger partial charge in [0.15, 0.2) is 5.96 Å². The molecule has 1 aliphatic carbocycles. The third-order valence-corrected chi connectivity index (χ3v) is 4.04. The molecule has 1 saturated heterocycles. The largest absolute Gasteiger partial charge is 0.357 e. The highest BCUT2D eigenvalue weighted by atomic mass is 16.2. The fourth-order valence-electron chi connectivity index (χ4n) is 2.96. The van der Waals surface area contributed by atoms with E-state index in [9.17, 15) is 4.79 Å². The van der Waals surface area contributed by atoms with Crippen LogP contribution in [0.15, 0.2) is 4.99 Å². The number of aliphatic imine (C=N–C) groups is 1. The molecule has 0 aromatic rings. The fraction of sp³-hybridized carbons (Fsp3) is 0.875. The first-order chi connectivity index (χ1) is 10.1. The summed E-state index contributed by atoms with van der Waals surface area (Å²) < 4.78 is 0. The molecule has 0 bridgehead atoms. The summed E-state index contributed by atoms with van der Waals surface area (Å²) in [6.07, 6.45) is 4.76. The van der Waals surface area contributed by atoms with Gasteiger partial charge in [-0.2, -0.15) is 0 Å².